The molecule has 32 heavy (non-hydrogen) atoms. The minimum Gasteiger partial charge on any atom is -0.494 e. The van der Waals surface area contributed by atoms with Gasteiger partial charge in [0.05, 0.1) is 12.7 Å². The molecule has 3 aromatic heterocycles. The molecule has 0 aliphatic heterocycles. The predicted molar refractivity (Wildman–Crippen MR) is 107 cm³/mol. The van der Waals surface area contributed by atoms with E-state index in [1.54, 1.807) is 36.4 Å². The fourth-order valence-electron chi connectivity index (χ4n) is 3.53. The van der Waals surface area contributed by atoms with Gasteiger partial charge in [-0.1, -0.05) is 36.4 Å². The Kier molecular flexibility index (Phi) is 4.22. The number of ether oxygens (including phenoxy) is 1. The maximum atomic E-state index is 13.8. The topological polar surface area (TPSA) is 106 Å². The largest absolute Gasteiger partial charge is 0.494 e. The minimum absolute atomic E-state index is 0.171. The zero-order chi connectivity index (χ0) is 22.6. The van der Waals surface area contributed by atoms with Gasteiger partial charge < -0.3 is 19.2 Å². The van der Waals surface area contributed by atoms with E-state index in [4.69, 9.17) is 9.15 Å². The lowest BCUT2D eigenvalue weighted by Gasteiger charge is -2.06. The molecule has 2 N–H and O–H groups in total. The Hall–Kier alpha value is -4.28. The predicted octanol–water partition coefficient (Wildman–Crippen LogP) is 4.23. The lowest BCUT2D eigenvalue weighted by molar-refractivity contribution is -0.140. The standard InChI is InChI=1S/C21H13F3N4O4/c1-31-11-8-5-9-12-15(11)25-19(32-12)14-18(29)26-17-13(10-6-3-2-4-7-10)16(21(22,23)24)27-28(17)20(14)30/h2-9,26,29H,1H3. The molecule has 0 fully saturated rings. The van der Waals surface area contributed by atoms with Crippen molar-refractivity contribution in [1.82, 2.24) is 19.6 Å². The molecule has 11 heteroatoms. The lowest BCUT2D eigenvalue weighted by atomic mass is 10.1. The normalized spacial score (nSPS) is 12.0. The number of hydrogen-bond acceptors (Lipinski definition) is 6. The summed E-state index contributed by atoms with van der Waals surface area (Å²) >= 11 is 0. The van der Waals surface area contributed by atoms with Crippen molar-refractivity contribution in [2.45, 2.75) is 6.18 Å². The van der Waals surface area contributed by atoms with Gasteiger partial charge >= 0.3 is 6.18 Å². The molecular weight excluding hydrogens is 429 g/mol. The SMILES string of the molecule is COc1cccc2oc(-c3c(O)[nH]c4c(-c5ccccc5)c(C(F)(F)F)nn4c3=O)nc12. The van der Waals surface area contributed by atoms with E-state index < -0.39 is 28.9 Å². The van der Waals surface area contributed by atoms with Gasteiger partial charge in [-0.25, -0.2) is 4.98 Å². The van der Waals surface area contributed by atoms with Crippen molar-refractivity contribution >= 4 is 16.7 Å². The van der Waals surface area contributed by atoms with Crippen LogP contribution in [-0.2, 0) is 6.18 Å². The van der Waals surface area contributed by atoms with E-state index in [0.717, 1.165) is 0 Å². The molecule has 2 aromatic carbocycles. The minimum atomic E-state index is -4.85. The van der Waals surface area contributed by atoms with Crippen molar-refractivity contribution in [3.05, 3.63) is 64.6 Å². The van der Waals surface area contributed by atoms with Gasteiger partial charge in [0.2, 0.25) is 11.8 Å². The van der Waals surface area contributed by atoms with Crippen molar-refractivity contribution in [2.75, 3.05) is 7.11 Å². The van der Waals surface area contributed by atoms with Gasteiger partial charge in [0, 0.05) is 0 Å². The van der Waals surface area contributed by atoms with Crippen LogP contribution >= 0.6 is 0 Å². The average molecular weight is 442 g/mol. The number of nitrogens with zero attached hydrogens (tertiary/aromatic N) is 3. The fraction of sp³-hybridized carbons (Fsp3) is 0.0952. The molecule has 0 atom stereocenters. The average Bonchev–Trinajstić information content (AvgIpc) is 3.36. The van der Waals surface area contributed by atoms with Crippen LogP contribution in [0.25, 0.3) is 39.3 Å². The number of methoxy groups -OCH3 is 1. The second-order valence-electron chi connectivity index (χ2n) is 6.83. The number of aromatic amines is 1. The smallest absolute Gasteiger partial charge is 0.435 e. The number of rotatable bonds is 3. The van der Waals surface area contributed by atoms with Crippen molar-refractivity contribution < 1.29 is 27.4 Å². The zero-order valence-electron chi connectivity index (χ0n) is 16.3. The van der Waals surface area contributed by atoms with Crippen LogP contribution < -0.4 is 10.3 Å². The zero-order valence-corrected chi connectivity index (χ0v) is 16.3. The summed E-state index contributed by atoms with van der Waals surface area (Å²) in [7, 11) is 1.42. The quantitative estimate of drug-likeness (QED) is 0.433. The van der Waals surface area contributed by atoms with Crippen LogP contribution in [0.4, 0.5) is 13.2 Å². The number of para-hydroxylation sites is 1. The van der Waals surface area contributed by atoms with Gasteiger partial charge in [0.1, 0.15) is 11.4 Å². The van der Waals surface area contributed by atoms with Crippen molar-refractivity contribution in [3.8, 4) is 34.2 Å². The number of oxazole rings is 1. The van der Waals surface area contributed by atoms with Crippen LogP contribution in [0.2, 0.25) is 0 Å². The molecular formula is C21H13F3N4O4. The van der Waals surface area contributed by atoms with Crippen molar-refractivity contribution in [1.29, 1.82) is 0 Å². The van der Waals surface area contributed by atoms with Gasteiger partial charge in [-0.2, -0.15) is 22.8 Å². The lowest BCUT2D eigenvalue weighted by Crippen LogP contribution is -2.18. The molecule has 0 aliphatic rings. The maximum absolute atomic E-state index is 13.8. The number of hydrogen-bond donors (Lipinski definition) is 2. The first-order valence-electron chi connectivity index (χ1n) is 9.24. The number of aromatic nitrogens is 4. The molecule has 0 spiro atoms. The number of alkyl halides is 3. The highest BCUT2D eigenvalue weighted by molar-refractivity contribution is 5.84. The summed E-state index contributed by atoms with van der Waals surface area (Å²) in [5.74, 6) is -0.645. The molecule has 0 saturated heterocycles. The van der Waals surface area contributed by atoms with Crippen LogP contribution in [0.5, 0.6) is 11.6 Å². The van der Waals surface area contributed by atoms with Gasteiger partial charge in [0.15, 0.2) is 22.4 Å². The third-order valence-electron chi connectivity index (χ3n) is 4.91. The van der Waals surface area contributed by atoms with Crippen LogP contribution in [-0.4, -0.2) is 31.8 Å². The molecule has 5 rings (SSSR count). The molecule has 5 aromatic rings. The molecule has 162 valence electrons. The summed E-state index contributed by atoms with van der Waals surface area (Å²) in [5.41, 5.74) is -2.73. The summed E-state index contributed by atoms with van der Waals surface area (Å²) in [5, 5.41) is 14.1. The molecule has 0 bridgehead atoms. The maximum Gasteiger partial charge on any atom is 0.435 e. The molecule has 3 heterocycles. The highest BCUT2D eigenvalue weighted by Gasteiger charge is 2.39. The summed E-state index contributed by atoms with van der Waals surface area (Å²) < 4.78 is 52.6. The van der Waals surface area contributed by atoms with E-state index in [1.807, 2.05) is 0 Å². The summed E-state index contributed by atoms with van der Waals surface area (Å²) in [6.07, 6.45) is -4.85. The Balaban J connectivity index is 1.82. The molecule has 0 aliphatic carbocycles. The Bertz CT molecular complexity index is 1530. The van der Waals surface area contributed by atoms with Gasteiger partial charge in [0.25, 0.3) is 5.56 Å². The van der Waals surface area contributed by atoms with Gasteiger partial charge in [-0.3, -0.25) is 4.79 Å². The first-order valence-corrected chi connectivity index (χ1v) is 9.24. The van der Waals surface area contributed by atoms with Crippen LogP contribution in [0, 0.1) is 0 Å². The number of fused-ring (bicyclic) bond motifs is 2. The number of aromatic hydroxyl groups is 1. The Morgan fingerprint density at radius 2 is 1.84 bits per heavy atom. The third-order valence-corrected chi connectivity index (χ3v) is 4.91. The number of nitrogens with one attached hydrogen (secondary N) is 1. The fourth-order valence-corrected chi connectivity index (χ4v) is 3.53. The molecule has 0 saturated carbocycles. The molecule has 0 radical (unpaired) electrons. The van der Waals surface area contributed by atoms with E-state index in [2.05, 4.69) is 15.1 Å². The monoisotopic (exact) mass is 442 g/mol. The van der Waals surface area contributed by atoms with Gasteiger partial charge in [-0.05, 0) is 17.7 Å². The van der Waals surface area contributed by atoms with E-state index in [0.29, 0.717) is 10.3 Å². The van der Waals surface area contributed by atoms with Crippen LogP contribution in [0.1, 0.15) is 5.69 Å². The number of H-pyrrole nitrogens is 1. The van der Waals surface area contributed by atoms with E-state index in [9.17, 15) is 23.1 Å². The summed E-state index contributed by atoms with van der Waals surface area (Å²) in [6.45, 7) is 0. The van der Waals surface area contributed by atoms with Crippen LogP contribution in [0.15, 0.2) is 57.7 Å². The Morgan fingerprint density at radius 1 is 1.09 bits per heavy atom. The number of halogens is 3. The third kappa shape index (κ3) is 2.89. The van der Waals surface area contributed by atoms with E-state index in [-0.39, 0.29) is 33.8 Å². The van der Waals surface area contributed by atoms with Crippen molar-refractivity contribution in [2.24, 2.45) is 0 Å². The van der Waals surface area contributed by atoms with Crippen LogP contribution in [0.3, 0.4) is 0 Å². The summed E-state index contributed by atoms with van der Waals surface area (Å²) in [4.78, 5) is 19.8. The molecule has 0 unspecified atom stereocenters. The Labute approximate surface area is 176 Å². The summed E-state index contributed by atoms with van der Waals surface area (Å²) in [6, 6.07) is 12.5. The second-order valence-corrected chi connectivity index (χ2v) is 6.83. The highest BCUT2D eigenvalue weighted by Crippen LogP contribution is 2.39. The Morgan fingerprint density at radius 3 is 2.53 bits per heavy atom. The number of benzene rings is 2. The van der Waals surface area contributed by atoms with Gasteiger partial charge in [-0.15, -0.1) is 0 Å². The molecule has 0 amide bonds. The molecule has 8 nitrogen and oxygen atoms in total. The first-order chi connectivity index (χ1) is 15.3. The van der Waals surface area contributed by atoms with Crippen molar-refractivity contribution in [3.63, 3.8) is 0 Å². The van der Waals surface area contributed by atoms with E-state index in [1.165, 1.54) is 19.2 Å². The van der Waals surface area contributed by atoms with E-state index >= 15 is 0 Å². The first kappa shape index (κ1) is 19.7. The second kappa shape index (κ2) is 6.87. The highest BCUT2D eigenvalue weighted by atomic mass is 19.4.